The third kappa shape index (κ3) is 3.18. The molecule has 0 saturated carbocycles. The third-order valence-electron chi connectivity index (χ3n) is 3.60. The predicted octanol–water partition coefficient (Wildman–Crippen LogP) is 2.04. The number of carbonyl (C=O) groups is 1. The molecule has 0 aliphatic carbocycles. The van der Waals surface area contributed by atoms with Crippen molar-refractivity contribution in [2.24, 2.45) is 0 Å². The summed E-state index contributed by atoms with van der Waals surface area (Å²) in [6.07, 6.45) is 1.05. The Hall–Kier alpha value is -2.19. The Bertz CT molecular complexity index is 694. The minimum Gasteiger partial charge on any atom is -0.395 e. The molecule has 7 nitrogen and oxygen atoms in total. The molecular weight excluding hydrogens is 306 g/mol. The van der Waals surface area contributed by atoms with Gasteiger partial charge in [-0.25, -0.2) is 0 Å². The molecule has 8 heteroatoms. The van der Waals surface area contributed by atoms with Crippen molar-refractivity contribution in [3.63, 3.8) is 0 Å². The van der Waals surface area contributed by atoms with Crippen LogP contribution in [0.3, 0.4) is 0 Å². The number of hydrogen-bond acceptors (Lipinski definition) is 6. The highest BCUT2D eigenvalue weighted by Gasteiger charge is 2.19. The molecule has 0 bridgehead atoms. The lowest BCUT2D eigenvalue weighted by Gasteiger charge is -2.26. The summed E-state index contributed by atoms with van der Waals surface area (Å²) in [5, 5.41) is 15.3. The summed E-state index contributed by atoms with van der Waals surface area (Å²) < 4.78 is 4.86. The van der Waals surface area contributed by atoms with Crippen LogP contribution >= 0.6 is 11.3 Å². The largest absolute Gasteiger partial charge is 0.433 e. The Kier molecular flexibility index (Phi) is 4.21. The highest BCUT2D eigenvalue weighted by atomic mass is 32.1. The van der Waals surface area contributed by atoms with Crippen LogP contribution in [-0.2, 0) is 13.0 Å². The highest BCUT2D eigenvalue weighted by Crippen LogP contribution is 2.23. The van der Waals surface area contributed by atoms with Crippen LogP contribution in [-0.4, -0.2) is 35.4 Å². The molecule has 22 heavy (non-hydrogen) atoms. The van der Waals surface area contributed by atoms with Gasteiger partial charge in [0.25, 0.3) is 5.91 Å². The van der Waals surface area contributed by atoms with Crippen LogP contribution < -0.4 is 5.32 Å². The van der Waals surface area contributed by atoms with Crippen molar-refractivity contribution < 1.29 is 14.1 Å². The van der Waals surface area contributed by atoms with Crippen LogP contribution in [0.4, 0.5) is 5.88 Å². The molecule has 0 atom stereocenters. The molecule has 0 saturated heterocycles. The second-order valence-corrected chi connectivity index (χ2v) is 6.05. The van der Waals surface area contributed by atoms with Gasteiger partial charge >= 0.3 is 5.88 Å². The lowest BCUT2D eigenvalue weighted by Crippen LogP contribution is -2.37. The van der Waals surface area contributed by atoms with Crippen LogP contribution in [0.2, 0.25) is 0 Å². The zero-order valence-corrected chi connectivity index (χ0v) is 12.6. The molecule has 1 aliphatic heterocycles. The Morgan fingerprint density at radius 2 is 2.32 bits per heavy atom. The van der Waals surface area contributed by atoms with E-state index in [9.17, 15) is 14.9 Å². The molecule has 1 amide bonds. The third-order valence-corrected chi connectivity index (χ3v) is 4.62. The van der Waals surface area contributed by atoms with Crippen molar-refractivity contribution in [2.45, 2.75) is 13.0 Å². The number of nitrogens with one attached hydrogen (secondary N) is 1. The standard InChI is InChI=1S/C14H15N3O4S/c18-14(11-1-2-13(21-11)17(19)20)15-5-7-16-6-3-12-10(9-16)4-8-22-12/h1-2,4,8H,3,5-7,9H2,(H,15,18). The van der Waals surface area contributed by atoms with Gasteiger partial charge in [0.1, 0.15) is 4.92 Å². The average molecular weight is 321 g/mol. The fourth-order valence-corrected chi connectivity index (χ4v) is 3.35. The van der Waals surface area contributed by atoms with Crippen LogP contribution in [0.15, 0.2) is 28.0 Å². The number of nitrogens with zero attached hydrogens (tertiary/aromatic N) is 2. The normalized spacial score (nSPS) is 14.5. The number of amides is 1. The van der Waals surface area contributed by atoms with E-state index in [-0.39, 0.29) is 5.76 Å². The molecule has 0 fully saturated rings. The van der Waals surface area contributed by atoms with Gasteiger partial charge in [-0.3, -0.25) is 19.8 Å². The van der Waals surface area contributed by atoms with Crippen molar-refractivity contribution in [3.8, 4) is 0 Å². The lowest BCUT2D eigenvalue weighted by molar-refractivity contribution is -0.402. The monoisotopic (exact) mass is 321 g/mol. The van der Waals surface area contributed by atoms with Crippen LogP contribution in [0.25, 0.3) is 0 Å². The van der Waals surface area contributed by atoms with E-state index in [0.29, 0.717) is 6.54 Å². The molecule has 3 heterocycles. The molecule has 0 unspecified atom stereocenters. The maximum absolute atomic E-state index is 11.8. The van der Waals surface area contributed by atoms with Crippen LogP contribution in [0, 0.1) is 10.1 Å². The molecule has 0 radical (unpaired) electrons. The van der Waals surface area contributed by atoms with E-state index in [1.165, 1.54) is 22.6 Å². The number of rotatable bonds is 5. The maximum atomic E-state index is 11.8. The van der Waals surface area contributed by atoms with Gasteiger partial charge in [0.15, 0.2) is 5.76 Å². The number of nitro groups is 1. The summed E-state index contributed by atoms with van der Waals surface area (Å²) in [5.74, 6) is -0.891. The first-order valence-corrected chi connectivity index (χ1v) is 7.81. The molecule has 1 N–H and O–H groups in total. The minimum absolute atomic E-state index is 0.0366. The number of furan rings is 1. The quantitative estimate of drug-likeness (QED) is 0.672. The Balaban J connectivity index is 1.47. The topological polar surface area (TPSA) is 88.6 Å². The summed E-state index contributed by atoms with van der Waals surface area (Å²) in [4.78, 5) is 25.4. The highest BCUT2D eigenvalue weighted by molar-refractivity contribution is 7.10. The van der Waals surface area contributed by atoms with Gasteiger partial charge in [-0.15, -0.1) is 11.3 Å². The number of fused-ring (bicyclic) bond motifs is 1. The van der Waals surface area contributed by atoms with E-state index in [4.69, 9.17) is 4.42 Å². The Labute approximate surface area is 130 Å². The summed E-state index contributed by atoms with van der Waals surface area (Å²) in [6.45, 7) is 3.10. The van der Waals surface area contributed by atoms with Crippen molar-refractivity contribution >= 4 is 23.1 Å². The van der Waals surface area contributed by atoms with Gasteiger partial charge in [-0.05, 0) is 29.5 Å². The second-order valence-electron chi connectivity index (χ2n) is 5.05. The lowest BCUT2D eigenvalue weighted by atomic mass is 10.1. The second kappa shape index (κ2) is 6.29. The molecule has 0 spiro atoms. The molecular formula is C14H15N3O4S. The van der Waals surface area contributed by atoms with E-state index in [1.807, 2.05) is 0 Å². The Morgan fingerprint density at radius 3 is 3.09 bits per heavy atom. The van der Waals surface area contributed by atoms with Crippen molar-refractivity contribution in [1.29, 1.82) is 0 Å². The predicted molar refractivity (Wildman–Crippen MR) is 81.0 cm³/mol. The van der Waals surface area contributed by atoms with E-state index < -0.39 is 16.7 Å². The summed E-state index contributed by atoms with van der Waals surface area (Å²) in [5.41, 5.74) is 1.37. The molecule has 2 aromatic heterocycles. The smallest absolute Gasteiger partial charge is 0.395 e. The first kappa shape index (κ1) is 14.7. The van der Waals surface area contributed by atoms with Crippen LogP contribution in [0.1, 0.15) is 21.0 Å². The number of carbonyl (C=O) groups excluding carboxylic acids is 1. The molecule has 116 valence electrons. The summed E-state index contributed by atoms with van der Waals surface area (Å²) in [7, 11) is 0. The van der Waals surface area contributed by atoms with E-state index >= 15 is 0 Å². The zero-order valence-electron chi connectivity index (χ0n) is 11.8. The SMILES string of the molecule is O=C(NCCN1CCc2sccc2C1)c1ccc([N+](=O)[O-])o1. The molecule has 2 aromatic rings. The fourth-order valence-electron chi connectivity index (χ4n) is 2.46. The minimum atomic E-state index is -0.664. The van der Waals surface area contributed by atoms with Gasteiger partial charge in [0.05, 0.1) is 6.07 Å². The van der Waals surface area contributed by atoms with Crippen LogP contribution in [0.5, 0.6) is 0 Å². The van der Waals surface area contributed by atoms with E-state index in [0.717, 1.165) is 26.1 Å². The Morgan fingerprint density at radius 1 is 1.45 bits per heavy atom. The van der Waals surface area contributed by atoms with Gasteiger partial charge < -0.3 is 9.73 Å². The van der Waals surface area contributed by atoms with Crippen molar-refractivity contribution in [2.75, 3.05) is 19.6 Å². The number of hydrogen-bond donors (Lipinski definition) is 1. The van der Waals surface area contributed by atoms with Gasteiger partial charge in [-0.2, -0.15) is 0 Å². The first-order valence-electron chi connectivity index (χ1n) is 6.93. The number of thiophene rings is 1. The zero-order chi connectivity index (χ0) is 15.5. The van der Waals surface area contributed by atoms with Crippen molar-refractivity contribution in [1.82, 2.24) is 10.2 Å². The van der Waals surface area contributed by atoms with Crippen molar-refractivity contribution in [3.05, 3.63) is 49.9 Å². The first-order chi connectivity index (χ1) is 10.6. The maximum Gasteiger partial charge on any atom is 0.433 e. The van der Waals surface area contributed by atoms with E-state index in [1.54, 1.807) is 11.3 Å². The summed E-state index contributed by atoms with van der Waals surface area (Å²) >= 11 is 1.79. The molecule has 0 aromatic carbocycles. The summed E-state index contributed by atoms with van der Waals surface area (Å²) in [6, 6.07) is 4.64. The fraction of sp³-hybridized carbons (Fsp3) is 0.357. The average Bonchev–Trinajstić information content (AvgIpc) is 3.16. The molecule has 1 aliphatic rings. The van der Waals surface area contributed by atoms with Gasteiger partial charge in [0.2, 0.25) is 0 Å². The van der Waals surface area contributed by atoms with Gasteiger partial charge in [-0.1, -0.05) is 0 Å². The molecule has 3 rings (SSSR count). The van der Waals surface area contributed by atoms with E-state index in [2.05, 4.69) is 21.7 Å². The van der Waals surface area contributed by atoms with Gasteiger partial charge in [0, 0.05) is 31.1 Å².